The summed E-state index contributed by atoms with van der Waals surface area (Å²) in [5.74, 6) is 1.04. The van der Waals surface area contributed by atoms with Gasteiger partial charge in [-0.05, 0) is 25.3 Å². The van der Waals surface area contributed by atoms with Crippen molar-refractivity contribution in [2.75, 3.05) is 0 Å². The molecule has 2 aliphatic rings. The molecular formula is C17H19N3. The normalized spacial score (nSPS) is 19.4. The Morgan fingerprint density at radius 3 is 2.55 bits per heavy atom. The van der Waals surface area contributed by atoms with Gasteiger partial charge in [-0.2, -0.15) is 0 Å². The van der Waals surface area contributed by atoms with Gasteiger partial charge < -0.3 is 5.32 Å². The molecule has 1 fully saturated rings. The van der Waals surface area contributed by atoms with E-state index in [-0.39, 0.29) is 5.41 Å². The van der Waals surface area contributed by atoms with E-state index in [2.05, 4.69) is 42.6 Å². The smallest absolute Gasteiger partial charge is 0.139 e. The van der Waals surface area contributed by atoms with Gasteiger partial charge in [0.1, 0.15) is 5.82 Å². The first-order chi connectivity index (χ1) is 9.79. The maximum Gasteiger partial charge on any atom is 0.139 e. The first kappa shape index (κ1) is 12.0. The molecule has 1 aliphatic carbocycles. The van der Waals surface area contributed by atoms with E-state index in [9.17, 15) is 0 Å². The minimum Gasteiger partial charge on any atom is -0.307 e. The number of hydrogen-bond acceptors (Lipinski definition) is 3. The fourth-order valence-electron chi connectivity index (χ4n) is 3.48. The van der Waals surface area contributed by atoms with Gasteiger partial charge in [0, 0.05) is 24.3 Å². The Hall–Kier alpha value is -1.74. The number of nitrogens with zero attached hydrogens (tertiary/aromatic N) is 2. The van der Waals surface area contributed by atoms with Crippen LogP contribution in [0.15, 0.2) is 30.3 Å². The van der Waals surface area contributed by atoms with Gasteiger partial charge in [0.2, 0.25) is 0 Å². The molecule has 1 aromatic carbocycles. The number of nitrogens with one attached hydrogen (secondary N) is 1. The molecule has 0 spiro atoms. The molecule has 0 radical (unpaired) electrons. The van der Waals surface area contributed by atoms with E-state index in [0.717, 1.165) is 24.6 Å². The quantitative estimate of drug-likeness (QED) is 0.907. The lowest BCUT2D eigenvalue weighted by Gasteiger charge is -2.41. The summed E-state index contributed by atoms with van der Waals surface area (Å²) < 4.78 is 0. The van der Waals surface area contributed by atoms with Gasteiger partial charge in [0.25, 0.3) is 0 Å². The largest absolute Gasteiger partial charge is 0.307 e. The average molecular weight is 265 g/mol. The molecule has 1 N–H and O–H groups in total. The van der Waals surface area contributed by atoms with Crippen LogP contribution in [0.1, 0.15) is 47.6 Å². The summed E-state index contributed by atoms with van der Waals surface area (Å²) in [4.78, 5) is 9.78. The monoisotopic (exact) mass is 265 g/mol. The highest BCUT2D eigenvalue weighted by Gasteiger charge is 2.43. The second-order valence-corrected chi connectivity index (χ2v) is 5.96. The zero-order valence-electron chi connectivity index (χ0n) is 11.8. The standard InChI is InChI=1S/C17H19N3/c1-12-14-10-18-11-15(14)20-16(19-12)17(8-5-9-17)13-6-3-2-4-7-13/h2-4,6-7,18H,5,8-11H2,1H3. The molecule has 4 rings (SSSR count). The Balaban J connectivity index is 1.85. The lowest BCUT2D eigenvalue weighted by molar-refractivity contribution is 0.284. The van der Waals surface area contributed by atoms with Gasteiger partial charge in [-0.25, -0.2) is 9.97 Å². The van der Waals surface area contributed by atoms with E-state index in [0.29, 0.717) is 0 Å². The van der Waals surface area contributed by atoms with Crippen LogP contribution < -0.4 is 5.32 Å². The summed E-state index contributed by atoms with van der Waals surface area (Å²) in [6.45, 7) is 3.92. The molecule has 1 saturated carbocycles. The van der Waals surface area contributed by atoms with Crippen LogP contribution in [0, 0.1) is 6.92 Å². The topological polar surface area (TPSA) is 37.8 Å². The summed E-state index contributed by atoms with van der Waals surface area (Å²) in [5.41, 5.74) is 5.09. The lowest BCUT2D eigenvalue weighted by atomic mass is 9.63. The third kappa shape index (κ3) is 1.63. The van der Waals surface area contributed by atoms with Gasteiger partial charge in [0.15, 0.2) is 0 Å². The summed E-state index contributed by atoms with van der Waals surface area (Å²) in [6, 6.07) is 10.8. The molecular weight excluding hydrogens is 246 g/mol. The number of fused-ring (bicyclic) bond motifs is 1. The Labute approximate surface area is 119 Å². The van der Waals surface area contributed by atoms with Crippen LogP contribution in [0.4, 0.5) is 0 Å². The van der Waals surface area contributed by atoms with E-state index >= 15 is 0 Å². The number of rotatable bonds is 2. The van der Waals surface area contributed by atoms with E-state index in [4.69, 9.17) is 9.97 Å². The molecule has 3 nitrogen and oxygen atoms in total. The van der Waals surface area contributed by atoms with Gasteiger partial charge in [-0.1, -0.05) is 36.8 Å². The van der Waals surface area contributed by atoms with E-state index < -0.39 is 0 Å². The molecule has 0 atom stereocenters. The van der Waals surface area contributed by atoms with Crippen LogP contribution >= 0.6 is 0 Å². The van der Waals surface area contributed by atoms with Crippen molar-refractivity contribution >= 4 is 0 Å². The molecule has 102 valence electrons. The Kier molecular flexibility index (Phi) is 2.64. The van der Waals surface area contributed by atoms with Crippen LogP contribution in [0.5, 0.6) is 0 Å². The summed E-state index contributed by atoms with van der Waals surface area (Å²) in [5, 5.41) is 3.38. The molecule has 3 heteroatoms. The molecule has 2 aromatic rings. The van der Waals surface area contributed by atoms with Gasteiger partial charge >= 0.3 is 0 Å². The zero-order chi connectivity index (χ0) is 13.6. The number of benzene rings is 1. The molecule has 0 unspecified atom stereocenters. The van der Waals surface area contributed by atoms with Crippen LogP contribution in [0.2, 0.25) is 0 Å². The van der Waals surface area contributed by atoms with Crippen molar-refractivity contribution in [2.24, 2.45) is 0 Å². The minimum absolute atomic E-state index is 0.0592. The van der Waals surface area contributed by atoms with Crippen LogP contribution in [-0.2, 0) is 18.5 Å². The number of aryl methyl sites for hydroxylation is 1. The molecule has 2 heterocycles. The summed E-state index contributed by atoms with van der Waals surface area (Å²) in [7, 11) is 0. The summed E-state index contributed by atoms with van der Waals surface area (Å²) >= 11 is 0. The van der Waals surface area contributed by atoms with E-state index in [1.54, 1.807) is 0 Å². The van der Waals surface area contributed by atoms with Crippen molar-refractivity contribution in [3.63, 3.8) is 0 Å². The van der Waals surface area contributed by atoms with Gasteiger partial charge in [0.05, 0.1) is 11.1 Å². The maximum atomic E-state index is 4.91. The highest BCUT2D eigenvalue weighted by atomic mass is 15.0. The predicted octanol–water partition coefficient (Wildman–Crippen LogP) is 2.86. The van der Waals surface area contributed by atoms with Crippen molar-refractivity contribution < 1.29 is 0 Å². The number of hydrogen-bond donors (Lipinski definition) is 1. The second-order valence-electron chi connectivity index (χ2n) is 5.96. The highest BCUT2D eigenvalue weighted by molar-refractivity contribution is 5.38. The Morgan fingerprint density at radius 1 is 1.05 bits per heavy atom. The molecule has 20 heavy (non-hydrogen) atoms. The molecule has 0 bridgehead atoms. The third-order valence-electron chi connectivity index (χ3n) is 4.86. The Morgan fingerprint density at radius 2 is 1.85 bits per heavy atom. The lowest BCUT2D eigenvalue weighted by Crippen LogP contribution is -2.37. The van der Waals surface area contributed by atoms with Crippen molar-refractivity contribution in [3.05, 3.63) is 58.7 Å². The first-order valence-corrected chi connectivity index (χ1v) is 7.43. The van der Waals surface area contributed by atoms with Crippen LogP contribution in [0.25, 0.3) is 0 Å². The van der Waals surface area contributed by atoms with E-state index in [1.165, 1.54) is 36.1 Å². The minimum atomic E-state index is 0.0592. The molecule has 1 aliphatic heterocycles. The number of aromatic nitrogens is 2. The second kappa shape index (κ2) is 4.38. The first-order valence-electron chi connectivity index (χ1n) is 7.43. The SMILES string of the molecule is Cc1nc(C2(c3ccccc3)CCC2)nc2c1CNC2. The van der Waals surface area contributed by atoms with Crippen molar-refractivity contribution in [1.29, 1.82) is 0 Å². The zero-order valence-corrected chi connectivity index (χ0v) is 11.8. The maximum absolute atomic E-state index is 4.91. The van der Waals surface area contributed by atoms with Crippen molar-refractivity contribution in [1.82, 2.24) is 15.3 Å². The van der Waals surface area contributed by atoms with E-state index in [1.807, 2.05) is 0 Å². The van der Waals surface area contributed by atoms with Crippen LogP contribution in [0.3, 0.4) is 0 Å². The highest BCUT2D eigenvalue weighted by Crippen LogP contribution is 2.47. The van der Waals surface area contributed by atoms with Crippen LogP contribution in [-0.4, -0.2) is 9.97 Å². The summed E-state index contributed by atoms with van der Waals surface area (Å²) in [6.07, 6.45) is 3.61. The molecule has 0 amide bonds. The molecule has 1 aromatic heterocycles. The van der Waals surface area contributed by atoms with Gasteiger partial charge in [-0.15, -0.1) is 0 Å². The Bertz CT molecular complexity index is 645. The average Bonchev–Trinajstić information content (AvgIpc) is 2.88. The predicted molar refractivity (Wildman–Crippen MR) is 78.4 cm³/mol. The fourth-order valence-corrected chi connectivity index (χ4v) is 3.48. The van der Waals surface area contributed by atoms with Crippen molar-refractivity contribution in [3.8, 4) is 0 Å². The van der Waals surface area contributed by atoms with Gasteiger partial charge in [-0.3, -0.25) is 0 Å². The molecule has 0 saturated heterocycles. The van der Waals surface area contributed by atoms with Crippen molar-refractivity contribution in [2.45, 2.75) is 44.7 Å². The fraction of sp³-hybridized carbons (Fsp3) is 0.412. The third-order valence-corrected chi connectivity index (χ3v) is 4.86.